The highest BCUT2D eigenvalue weighted by Crippen LogP contribution is 2.15. The lowest BCUT2D eigenvalue weighted by molar-refractivity contribution is -0.131. The van der Waals surface area contributed by atoms with Gasteiger partial charge in [0.15, 0.2) is 0 Å². The molecule has 0 bridgehead atoms. The fourth-order valence-corrected chi connectivity index (χ4v) is 6.86. The maximum atomic E-state index is 12.5. The molecule has 5 heteroatoms. The fraction of sp³-hybridized carbons (Fsp3) is 0.851. The Kier molecular flexibility index (Phi) is 41.1. The van der Waals surface area contributed by atoms with E-state index in [2.05, 4.69) is 43.5 Å². The molecule has 0 aromatic heterocycles. The molecule has 0 aliphatic carbocycles. The molecular weight excluding hydrogens is 643 g/mol. The molecule has 0 heterocycles. The predicted molar refractivity (Wildman–Crippen MR) is 227 cm³/mol. The Hall–Kier alpha value is -1.43. The van der Waals surface area contributed by atoms with Crippen LogP contribution in [0.5, 0.6) is 0 Å². The van der Waals surface area contributed by atoms with Crippen LogP contribution in [0.4, 0.5) is 0 Å². The smallest absolute Gasteiger partial charge is 0.249 e. The van der Waals surface area contributed by atoms with E-state index in [1.54, 1.807) is 6.08 Å². The van der Waals surface area contributed by atoms with Crippen LogP contribution < -0.4 is 5.32 Å². The maximum absolute atomic E-state index is 12.5. The molecule has 0 radical (unpaired) electrons. The number of nitrogens with one attached hydrogen (secondary N) is 1. The van der Waals surface area contributed by atoms with Crippen molar-refractivity contribution in [3.8, 4) is 0 Å². The van der Waals surface area contributed by atoms with Gasteiger partial charge in [-0.1, -0.05) is 224 Å². The Morgan fingerprint density at radius 3 is 1.17 bits per heavy atom. The summed E-state index contributed by atoms with van der Waals surface area (Å²) in [5, 5.41) is 33.1. The van der Waals surface area contributed by atoms with Gasteiger partial charge in [0.25, 0.3) is 0 Å². The summed E-state index contributed by atoms with van der Waals surface area (Å²) in [6, 6.07) is -0.818. The van der Waals surface area contributed by atoms with Crippen LogP contribution in [0, 0.1) is 0 Å². The molecule has 3 unspecified atom stereocenters. The van der Waals surface area contributed by atoms with Crippen molar-refractivity contribution in [1.82, 2.24) is 5.32 Å². The predicted octanol–water partition coefficient (Wildman–Crippen LogP) is 13.2. The first kappa shape index (κ1) is 50.6. The van der Waals surface area contributed by atoms with Crippen molar-refractivity contribution in [2.45, 2.75) is 250 Å². The highest BCUT2D eigenvalue weighted by atomic mass is 16.3. The number of rotatable bonds is 41. The number of carbonyl (C=O) groups excluding carboxylic acids is 1. The van der Waals surface area contributed by atoms with Gasteiger partial charge in [-0.25, -0.2) is 0 Å². The number of aliphatic hydroxyl groups is 3. The SMILES string of the molecule is CCCCCCCCCCCCCCC/C=C/CC/C=C/CC/C=C/C(O)C(CO)NC(=O)C(O)CCCCCCCCCCCCCCCCC. The maximum Gasteiger partial charge on any atom is 0.249 e. The van der Waals surface area contributed by atoms with E-state index in [1.807, 2.05) is 6.08 Å². The van der Waals surface area contributed by atoms with Crippen molar-refractivity contribution in [3.63, 3.8) is 0 Å². The first-order valence-electron chi connectivity index (χ1n) is 22.8. The quantitative estimate of drug-likeness (QED) is 0.0372. The van der Waals surface area contributed by atoms with Crippen LogP contribution in [0.3, 0.4) is 0 Å². The van der Waals surface area contributed by atoms with E-state index in [4.69, 9.17) is 0 Å². The van der Waals surface area contributed by atoms with Crippen molar-refractivity contribution >= 4 is 5.91 Å². The van der Waals surface area contributed by atoms with Crippen LogP contribution in [0.1, 0.15) is 232 Å². The summed E-state index contributed by atoms with van der Waals surface area (Å²) in [5.74, 6) is -0.516. The van der Waals surface area contributed by atoms with Crippen LogP contribution in [-0.2, 0) is 4.79 Å². The van der Waals surface area contributed by atoms with Crippen molar-refractivity contribution in [3.05, 3.63) is 36.5 Å². The minimum Gasteiger partial charge on any atom is -0.394 e. The molecule has 52 heavy (non-hydrogen) atoms. The normalized spacial score (nSPS) is 13.9. The van der Waals surface area contributed by atoms with Gasteiger partial charge in [0.05, 0.1) is 18.8 Å². The lowest BCUT2D eigenvalue weighted by atomic mass is 10.0. The largest absolute Gasteiger partial charge is 0.394 e. The molecule has 306 valence electrons. The molecule has 0 spiro atoms. The Morgan fingerprint density at radius 1 is 0.462 bits per heavy atom. The molecule has 0 aliphatic rings. The van der Waals surface area contributed by atoms with Crippen molar-refractivity contribution < 1.29 is 20.1 Å². The van der Waals surface area contributed by atoms with Gasteiger partial charge in [-0.3, -0.25) is 4.79 Å². The first-order valence-corrected chi connectivity index (χ1v) is 22.8. The van der Waals surface area contributed by atoms with Crippen LogP contribution in [0.2, 0.25) is 0 Å². The summed E-state index contributed by atoms with van der Waals surface area (Å²) in [7, 11) is 0. The third-order valence-corrected chi connectivity index (χ3v) is 10.5. The number of unbranched alkanes of at least 4 members (excludes halogenated alkanes) is 29. The molecule has 0 rings (SSSR count). The van der Waals surface area contributed by atoms with E-state index >= 15 is 0 Å². The highest BCUT2D eigenvalue weighted by molar-refractivity contribution is 5.80. The minimum atomic E-state index is -1.11. The minimum absolute atomic E-state index is 0.379. The van der Waals surface area contributed by atoms with E-state index in [9.17, 15) is 20.1 Å². The molecule has 3 atom stereocenters. The summed E-state index contributed by atoms with van der Waals surface area (Å²) in [6.07, 6.45) is 53.3. The zero-order valence-corrected chi connectivity index (χ0v) is 34.7. The molecule has 0 saturated carbocycles. The number of aliphatic hydroxyl groups excluding tert-OH is 3. The Morgan fingerprint density at radius 2 is 0.788 bits per heavy atom. The van der Waals surface area contributed by atoms with Gasteiger partial charge in [-0.15, -0.1) is 0 Å². The fourth-order valence-electron chi connectivity index (χ4n) is 6.86. The Labute approximate surface area is 324 Å². The van der Waals surface area contributed by atoms with Crippen LogP contribution >= 0.6 is 0 Å². The summed E-state index contributed by atoms with van der Waals surface area (Å²) in [6.45, 7) is 4.17. The average molecular weight is 732 g/mol. The van der Waals surface area contributed by atoms with Crippen LogP contribution in [-0.4, -0.2) is 46.1 Å². The molecule has 0 saturated heterocycles. The van der Waals surface area contributed by atoms with Gasteiger partial charge in [0, 0.05) is 0 Å². The average Bonchev–Trinajstić information content (AvgIpc) is 3.15. The van der Waals surface area contributed by atoms with E-state index in [0.717, 1.165) is 44.9 Å². The van der Waals surface area contributed by atoms with E-state index in [0.29, 0.717) is 6.42 Å². The Balaban J connectivity index is 3.72. The van der Waals surface area contributed by atoms with Crippen molar-refractivity contribution in [1.29, 1.82) is 0 Å². The zero-order valence-electron chi connectivity index (χ0n) is 34.7. The number of hydrogen-bond acceptors (Lipinski definition) is 4. The van der Waals surface area contributed by atoms with Gasteiger partial charge in [-0.2, -0.15) is 0 Å². The van der Waals surface area contributed by atoms with Gasteiger partial charge >= 0.3 is 0 Å². The molecule has 0 aromatic carbocycles. The van der Waals surface area contributed by atoms with Gasteiger partial charge < -0.3 is 20.6 Å². The summed E-state index contributed by atoms with van der Waals surface area (Å²) in [4.78, 5) is 12.5. The van der Waals surface area contributed by atoms with E-state index in [-0.39, 0.29) is 6.61 Å². The third-order valence-electron chi connectivity index (χ3n) is 10.5. The topological polar surface area (TPSA) is 89.8 Å². The van der Waals surface area contributed by atoms with Gasteiger partial charge in [0.2, 0.25) is 5.91 Å². The second kappa shape index (κ2) is 42.3. The zero-order chi connectivity index (χ0) is 38.0. The lowest BCUT2D eigenvalue weighted by Gasteiger charge is -2.21. The second-order valence-corrected chi connectivity index (χ2v) is 15.6. The third kappa shape index (κ3) is 36.9. The second-order valence-electron chi connectivity index (χ2n) is 15.6. The number of allylic oxidation sites excluding steroid dienone is 5. The number of amides is 1. The van der Waals surface area contributed by atoms with Gasteiger partial charge in [0.1, 0.15) is 6.10 Å². The Bertz CT molecular complexity index is 809. The number of carbonyl (C=O) groups is 1. The molecule has 0 aromatic rings. The van der Waals surface area contributed by atoms with Crippen LogP contribution in [0.15, 0.2) is 36.5 Å². The lowest BCUT2D eigenvalue weighted by Crippen LogP contribution is -2.48. The van der Waals surface area contributed by atoms with Crippen LogP contribution in [0.25, 0.3) is 0 Å². The summed E-state index contributed by atoms with van der Waals surface area (Å²) >= 11 is 0. The highest BCUT2D eigenvalue weighted by Gasteiger charge is 2.22. The molecule has 0 aliphatic heterocycles. The first-order chi connectivity index (χ1) is 25.6. The van der Waals surface area contributed by atoms with Crippen molar-refractivity contribution in [2.24, 2.45) is 0 Å². The van der Waals surface area contributed by atoms with Gasteiger partial charge in [-0.05, 0) is 44.9 Å². The molecule has 5 nitrogen and oxygen atoms in total. The standard InChI is InChI=1S/C47H89NO4/c1-3-5-7-9-11-13-15-17-19-20-21-22-23-24-25-26-28-29-31-33-35-37-39-41-45(50)44(43-49)48-47(52)46(51)42-40-38-36-34-32-30-27-18-16-14-12-10-8-6-4-2/h25-26,31,33,39,41,44-46,49-51H,3-24,27-30,32,34-38,40,42-43H2,1-2H3,(H,48,52)/b26-25+,33-31+,41-39+. The number of hydrogen-bond donors (Lipinski definition) is 4. The van der Waals surface area contributed by atoms with E-state index in [1.165, 1.54) is 167 Å². The molecule has 4 N–H and O–H groups in total. The molecular formula is C47H89NO4. The van der Waals surface area contributed by atoms with Crippen molar-refractivity contribution in [2.75, 3.05) is 6.61 Å². The molecule has 1 amide bonds. The summed E-state index contributed by atoms with van der Waals surface area (Å²) in [5.41, 5.74) is 0. The molecule has 0 fully saturated rings. The monoisotopic (exact) mass is 732 g/mol. The van der Waals surface area contributed by atoms with E-state index < -0.39 is 24.2 Å². The summed E-state index contributed by atoms with van der Waals surface area (Å²) < 4.78 is 0.